The highest BCUT2D eigenvalue weighted by atomic mass is 16.2. The van der Waals surface area contributed by atoms with Crippen LogP contribution in [-0.4, -0.2) is 22.8 Å². The molecule has 0 radical (unpaired) electrons. The van der Waals surface area contributed by atoms with Gasteiger partial charge < -0.3 is 5.32 Å². The first kappa shape index (κ1) is 18.9. The van der Waals surface area contributed by atoms with Gasteiger partial charge in [-0.3, -0.25) is 19.5 Å². The molecule has 1 atom stereocenters. The summed E-state index contributed by atoms with van der Waals surface area (Å²) in [5.74, 6) is -0.398. The number of nitrogens with one attached hydrogen (secondary N) is 1. The van der Waals surface area contributed by atoms with E-state index in [1.165, 1.54) is 0 Å². The van der Waals surface area contributed by atoms with Crippen LogP contribution in [0.1, 0.15) is 33.6 Å². The van der Waals surface area contributed by atoms with Crippen molar-refractivity contribution in [2.75, 3.05) is 10.2 Å². The molecule has 4 rings (SSSR count). The van der Waals surface area contributed by atoms with Gasteiger partial charge in [0.1, 0.15) is 6.04 Å². The lowest BCUT2D eigenvalue weighted by Crippen LogP contribution is -2.50. The average molecular weight is 385 g/mol. The van der Waals surface area contributed by atoms with Gasteiger partial charge in [-0.15, -0.1) is 0 Å². The Hall–Kier alpha value is -3.47. The van der Waals surface area contributed by atoms with E-state index in [9.17, 15) is 9.59 Å². The van der Waals surface area contributed by atoms with E-state index in [1.54, 1.807) is 17.2 Å². The summed E-state index contributed by atoms with van der Waals surface area (Å²) >= 11 is 0. The molecule has 3 aromatic rings. The molecule has 1 aromatic heterocycles. The van der Waals surface area contributed by atoms with Crippen molar-refractivity contribution in [1.82, 2.24) is 4.98 Å². The second kappa shape index (κ2) is 7.87. The van der Waals surface area contributed by atoms with Gasteiger partial charge in [0.2, 0.25) is 5.91 Å². The molecule has 0 saturated carbocycles. The molecule has 2 amide bonds. The number of hydrogen-bond acceptors (Lipinski definition) is 3. The predicted molar refractivity (Wildman–Crippen MR) is 114 cm³/mol. The number of rotatable bonds is 3. The van der Waals surface area contributed by atoms with Crippen LogP contribution in [0.25, 0.3) is 0 Å². The Morgan fingerprint density at radius 1 is 1.00 bits per heavy atom. The zero-order chi connectivity index (χ0) is 20.4. The zero-order valence-electron chi connectivity index (χ0n) is 16.6. The molecule has 5 heteroatoms. The number of carbonyl (C=O) groups is 2. The molecule has 29 heavy (non-hydrogen) atoms. The van der Waals surface area contributed by atoms with Gasteiger partial charge in [-0.2, -0.15) is 0 Å². The highest BCUT2D eigenvalue weighted by molar-refractivity contribution is 6.12. The first-order valence-corrected chi connectivity index (χ1v) is 9.74. The Morgan fingerprint density at radius 2 is 1.76 bits per heavy atom. The number of benzene rings is 2. The normalized spacial score (nSPS) is 15.5. The number of anilines is 2. The summed E-state index contributed by atoms with van der Waals surface area (Å²) in [4.78, 5) is 32.4. The lowest BCUT2D eigenvalue weighted by molar-refractivity contribution is -0.117. The Bertz CT molecular complexity index is 1040. The summed E-state index contributed by atoms with van der Waals surface area (Å²) in [6, 6.07) is 18.4. The lowest BCUT2D eigenvalue weighted by atomic mass is 9.94. The van der Waals surface area contributed by atoms with Gasteiger partial charge in [0.05, 0.1) is 5.56 Å². The molecule has 0 saturated heterocycles. The van der Waals surface area contributed by atoms with Crippen molar-refractivity contribution in [3.05, 3.63) is 89.2 Å². The SMILES string of the molecule is Cc1ccc(NC(=O)C2CCc3ccccc3N2C(=O)c2ccc(C)nc2)cc1. The molecule has 1 aliphatic rings. The van der Waals surface area contributed by atoms with Crippen molar-refractivity contribution in [3.8, 4) is 0 Å². The average Bonchev–Trinajstić information content (AvgIpc) is 2.74. The van der Waals surface area contributed by atoms with Crippen LogP contribution in [0.2, 0.25) is 0 Å². The van der Waals surface area contributed by atoms with Crippen LogP contribution in [0, 0.1) is 13.8 Å². The third kappa shape index (κ3) is 3.90. The molecule has 2 aromatic carbocycles. The molecule has 1 N–H and O–H groups in total. The van der Waals surface area contributed by atoms with Crippen LogP contribution in [0.3, 0.4) is 0 Å². The first-order valence-electron chi connectivity index (χ1n) is 9.74. The molecule has 0 spiro atoms. The van der Waals surface area contributed by atoms with Crippen LogP contribution in [-0.2, 0) is 11.2 Å². The molecular weight excluding hydrogens is 362 g/mol. The minimum Gasteiger partial charge on any atom is -0.324 e. The number of nitrogens with zero attached hydrogens (tertiary/aromatic N) is 2. The largest absolute Gasteiger partial charge is 0.324 e. The molecule has 0 aliphatic carbocycles. The maximum atomic E-state index is 13.4. The first-order chi connectivity index (χ1) is 14.0. The molecule has 5 nitrogen and oxygen atoms in total. The summed E-state index contributed by atoms with van der Waals surface area (Å²) in [5.41, 5.74) is 5.02. The van der Waals surface area contributed by atoms with E-state index in [4.69, 9.17) is 0 Å². The van der Waals surface area contributed by atoms with Crippen LogP contribution >= 0.6 is 0 Å². The third-order valence-corrected chi connectivity index (χ3v) is 5.25. The summed E-state index contributed by atoms with van der Waals surface area (Å²) < 4.78 is 0. The minimum absolute atomic E-state index is 0.184. The van der Waals surface area contributed by atoms with Gasteiger partial charge in [-0.05, 0) is 62.6 Å². The summed E-state index contributed by atoms with van der Waals surface area (Å²) in [5, 5.41) is 2.97. The topological polar surface area (TPSA) is 62.3 Å². The Labute approximate surface area is 170 Å². The summed E-state index contributed by atoms with van der Waals surface area (Å²) in [6.45, 7) is 3.88. The van der Waals surface area contributed by atoms with Gasteiger partial charge in [0, 0.05) is 23.3 Å². The number of hydrogen-bond donors (Lipinski definition) is 1. The molecule has 0 bridgehead atoms. The number of aromatic nitrogens is 1. The predicted octanol–water partition coefficient (Wildman–Crippen LogP) is 4.30. The Morgan fingerprint density at radius 3 is 2.48 bits per heavy atom. The van der Waals surface area contributed by atoms with Gasteiger partial charge in [-0.1, -0.05) is 35.9 Å². The highest BCUT2D eigenvalue weighted by Gasteiger charge is 2.36. The van der Waals surface area contributed by atoms with E-state index >= 15 is 0 Å². The van der Waals surface area contributed by atoms with Crippen molar-refractivity contribution in [3.63, 3.8) is 0 Å². The smallest absolute Gasteiger partial charge is 0.260 e. The van der Waals surface area contributed by atoms with Gasteiger partial charge in [-0.25, -0.2) is 0 Å². The second-order valence-electron chi connectivity index (χ2n) is 7.40. The Kier molecular flexibility index (Phi) is 5.12. The van der Waals surface area contributed by atoms with Gasteiger partial charge >= 0.3 is 0 Å². The van der Waals surface area contributed by atoms with E-state index in [2.05, 4.69) is 10.3 Å². The van der Waals surface area contributed by atoms with E-state index in [1.807, 2.05) is 68.4 Å². The number of aryl methyl sites for hydroxylation is 3. The Balaban J connectivity index is 1.68. The monoisotopic (exact) mass is 385 g/mol. The zero-order valence-corrected chi connectivity index (χ0v) is 16.6. The molecular formula is C24H23N3O2. The number of carbonyl (C=O) groups excluding carboxylic acids is 2. The van der Waals surface area contributed by atoms with Crippen molar-refractivity contribution >= 4 is 23.2 Å². The minimum atomic E-state index is -0.583. The van der Waals surface area contributed by atoms with Crippen molar-refractivity contribution < 1.29 is 9.59 Å². The third-order valence-electron chi connectivity index (χ3n) is 5.25. The number of fused-ring (bicyclic) bond motifs is 1. The van der Waals surface area contributed by atoms with Gasteiger partial charge in [0.15, 0.2) is 0 Å². The van der Waals surface area contributed by atoms with E-state index in [0.717, 1.165) is 34.6 Å². The van der Waals surface area contributed by atoms with Gasteiger partial charge in [0.25, 0.3) is 5.91 Å². The standard InChI is InChI=1S/C24H23N3O2/c1-16-7-12-20(13-8-16)26-23(28)22-14-11-18-5-3-4-6-21(18)27(22)24(29)19-10-9-17(2)25-15-19/h3-10,12-13,15,22H,11,14H2,1-2H3,(H,26,28). The van der Waals surface area contributed by atoms with E-state index in [-0.39, 0.29) is 11.8 Å². The van der Waals surface area contributed by atoms with Crippen molar-refractivity contribution in [1.29, 1.82) is 0 Å². The molecule has 0 fully saturated rings. The highest BCUT2D eigenvalue weighted by Crippen LogP contribution is 2.32. The summed E-state index contributed by atoms with van der Waals surface area (Å²) in [7, 11) is 0. The van der Waals surface area contributed by atoms with Crippen LogP contribution < -0.4 is 10.2 Å². The number of amides is 2. The quantitative estimate of drug-likeness (QED) is 0.731. The molecule has 146 valence electrons. The molecule has 1 aliphatic heterocycles. The van der Waals surface area contributed by atoms with Crippen LogP contribution in [0.15, 0.2) is 66.9 Å². The molecule has 1 unspecified atom stereocenters. The fraction of sp³-hybridized carbons (Fsp3) is 0.208. The van der Waals surface area contributed by atoms with E-state index in [0.29, 0.717) is 12.0 Å². The second-order valence-corrected chi connectivity index (χ2v) is 7.40. The lowest BCUT2D eigenvalue weighted by Gasteiger charge is -2.36. The van der Waals surface area contributed by atoms with E-state index < -0.39 is 6.04 Å². The molecule has 2 heterocycles. The number of para-hydroxylation sites is 1. The van der Waals surface area contributed by atoms with Crippen molar-refractivity contribution in [2.45, 2.75) is 32.7 Å². The van der Waals surface area contributed by atoms with Crippen LogP contribution in [0.4, 0.5) is 11.4 Å². The van der Waals surface area contributed by atoms with Crippen LogP contribution in [0.5, 0.6) is 0 Å². The number of pyridine rings is 1. The summed E-state index contributed by atoms with van der Waals surface area (Å²) in [6.07, 6.45) is 2.89. The van der Waals surface area contributed by atoms with Crippen molar-refractivity contribution in [2.24, 2.45) is 0 Å². The maximum absolute atomic E-state index is 13.4. The fourth-order valence-electron chi connectivity index (χ4n) is 3.64. The fourth-order valence-corrected chi connectivity index (χ4v) is 3.64. The maximum Gasteiger partial charge on any atom is 0.260 e.